The van der Waals surface area contributed by atoms with Gasteiger partial charge in [0.1, 0.15) is 0 Å². The van der Waals surface area contributed by atoms with Gasteiger partial charge in [-0.25, -0.2) is 0 Å². The molecular weight excluding hydrogens is 352 g/mol. The zero-order valence-corrected chi connectivity index (χ0v) is 17.7. The second-order valence-electron chi connectivity index (χ2n) is 7.78. The van der Waals surface area contributed by atoms with Gasteiger partial charge in [-0.2, -0.15) is 0 Å². The lowest BCUT2D eigenvalue weighted by Gasteiger charge is -2.25. The summed E-state index contributed by atoms with van der Waals surface area (Å²) in [5.74, 6) is 1.62. The molecule has 0 bridgehead atoms. The van der Waals surface area contributed by atoms with E-state index in [0.29, 0.717) is 25.2 Å². The summed E-state index contributed by atoms with van der Waals surface area (Å²) >= 11 is 0. The predicted octanol–water partition coefficient (Wildman–Crippen LogP) is 2.39. The molecular formula is C22H36N4O2. The van der Waals surface area contributed by atoms with Gasteiger partial charge in [-0.3, -0.25) is 4.99 Å². The van der Waals surface area contributed by atoms with E-state index in [1.165, 1.54) is 11.3 Å². The van der Waals surface area contributed by atoms with Crippen molar-refractivity contribution in [1.82, 2.24) is 10.2 Å². The molecule has 1 fully saturated rings. The highest BCUT2D eigenvalue weighted by atomic mass is 16.5. The van der Waals surface area contributed by atoms with Crippen LogP contribution in [-0.4, -0.2) is 76.6 Å². The van der Waals surface area contributed by atoms with Crippen LogP contribution in [-0.2, 0) is 15.9 Å². The van der Waals surface area contributed by atoms with E-state index in [-0.39, 0.29) is 0 Å². The lowest BCUT2D eigenvalue weighted by atomic mass is 10.1. The number of rotatable bonds is 9. The molecule has 1 saturated heterocycles. The first-order valence-corrected chi connectivity index (χ1v) is 10.7. The maximum absolute atomic E-state index is 5.72. The van der Waals surface area contributed by atoms with Crippen LogP contribution in [0.2, 0.25) is 0 Å². The monoisotopic (exact) mass is 388 g/mol. The fourth-order valence-corrected chi connectivity index (χ4v) is 4.21. The Kier molecular flexibility index (Phi) is 7.98. The van der Waals surface area contributed by atoms with Crippen LogP contribution < -0.4 is 10.2 Å². The highest BCUT2D eigenvalue weighted by molar-refractivity contribution is 5.80. The van der Waals surface area contributed by atoms with Crippen LogP contribution in [0.5, 0.6) is 0 Å². The van der Waals surface area contributed by atoms with Crippen LogP contribution in [0, 0.1) is 5.92 Å². The SMILES string of the molecule is CCNC(=NCCN1c2ccccc2CC1C)N1CCC(COCCOC)C1. The van der Waals surface area contributed by atoms with Crippen LogP contribution in [0.3, 0.4) is 0 Å². The molecule has 2 aliphatic heterocycles. The molecule has 2 heterocycles. The van der Waals surface area contributed by atoms with Crippen molar-refractivity contribution in [3.63, 3.8) is 0 Å². The van der Waals surface area contributed by atoms with Crippen LogP contribution >= 0.6 is 0 Å². The van der Waals surface area contributed by atoms with E-state index in [1.807, 2.05) is 0 Å². The topological polar surface area (TPSA) is 49.3 Å². The Labute approximate surface area is 169 Å². The molecule has 0 aromatic heterocycles. The molecule has 6 nitrogen and oxygen atoms in total. The van der Waals surface area contributed by atoms with E-state index in [0.717, 1.165) is 58.1 Å². The van der Waals surface area contributed by atoms with E-state index < -0.39 is 0 Å². The van der Waals surface area contributed by atoms with Crippen molar-refractivity contribution < 1.29 is 9.47 Å². The third kappa shape index (κ3) is 5.39. The first kappa shape index (κ1) is 20.9. The number of benzene rings is 1. The van der Waals surface area contributed by atoms with Crippen LogP contribution in [0.15, 0.2) is 29.3 Å². The lowest BCUT2D eigenvalue weighted by molar-refractivity contribution is 0.0536. The van der Waals surface area contributed by atoms with Crippen LogP contribution in [0.1, 0.15) is 25.8 Å². The molecule has 28 heavy (non-hydrogen) atoms. The first-order valence-electron chi connectivity index (χ1n) is 10.7. The van der Waals surface area contributed by atoms with Crippen molar-refractivity contribution in [3.8, 4) is 0 Å². The maximum Gasteiger partial charge on any atom is 0.193 e. The van der Waals surface area contributed by atoms with E-state index in [9.17, 15) is 0 Å². The number of nitrogens with one attached hydrogen (secondary N) is 1. The van der Waals surface area contributed by atoms with Gasteiger partial charge in [-0.15, -0.1) is 0 Å². The molecule has 0 saturated carbocycles. The standard InChI is InChI=1S/C22H36N4O2/c1-4-23-22(25-11-9-19(16-25)17-28-14-13-27-3)24-10-12-26-18(2)15-20-7-5-6-8-21(20)26/h5-8,18-19H,4,9-17H2,1-3H3,(H,23,24). The Morgan fingerprint density at radius 3 is 2.96 bits per heavy atom. The number of anilines is 1. The Morgan fingerprint density at radius 1 is 1.29 bits per heavy atom. The van der Waals surface area contributed by atoms with Gasteiger partial charge in [0.25, 0.3) is 0 Å². The minimum absolute atomic E-state index is 0.551. The fourth-order valence-electron chi connectivity index (χ4n) is 4.21. The fraction of sp³-hybridized carbons (Fsp3) is 0.682. The zero-order chi connectivity index (χ0) is 19.8. The molecule has 0 spiro atoms. The molecule has 2 unspecified atom stereocenters. The average molecular weight is 389 g/mol. The number of hydrogen-bond acceptors (Lipinski definition) is 4. The maximum atomic E-state index is 5.72. The van der Waals surface area contributed by atoms with Gasteiger partial charge in [-0.05, 0) is 38.3 Å². The number of para-hydroxylation sites is 1. The van der Waals surface area contributed by atoms with Gasteiger partial charge in [0.05, 0.1) is 26.4 Å². The summed E-state index contributed by atoms with van der Waals surface area (Å²) in [5.41, 5.74) is 2.84. The number of fused-ring (bicyclic) bond motifs is 1. The van der Waals surface area contributed by atoms with Crippen molar-refractivity contribution in [2.75, 3.05) is 64.6 Å². The van der Waals surface area contributed by atoms with Crippen molar-refractivity contribution in [2.24, 2.45) is 10.9 Å². The van der Waals surface area contributed by atoms with Crippen molar-refractivity contribution in [2.45, 2.75) is 32.7 Å². The van der Waals surface area contributed by atoms with Gasteiger partial charge >= 0.3 is 0 Å². The third-order valence-electron chi connectivity index (χ3n) is 5.66. The quantitative estimate of drug-likeness (QED) is 0.400. The number of guanidine groups is 1. The Hall–Kier alpha value is -1.79. The summed E-state index contributed by atoms with van der Waals surface area (Å²) in [4.78, 5) is 9.82. The largest absolute Gasteiger partial charge is 0.382 e. The van der Waals surface area contributed by atoms with E-state index in [2.05, 4.69) is 53.2 Å². The van der Waals surface area contributed by atoms with Crippen LogP contribution in [0.25, 0.3) is 0 Å². The minimum Gasteiger partial charge on any atom is -0.382 e. The minimum atomic E-state index is 0.551. The number of hydrogen-bond donors (Lipinski definition) is 1. The number of aliphatic imine (C=N–C) groups is 1. The average Bonchev–Trinajstić information content (AvgIpc) is 3.29. The summed E-state index contributed by atoms with van der Waals surface area (Å²) in [6, 6.07) is 9.31. The summed E-state index contributed by atoms with van der Waals surface area (Å²) < 4.78 is 10.8. The molecule has 0 amide bonds. The van der Waals surface area contributed by atoms with E-state index in [4.69, 9.17) is 14.5 Å². The van der Waals surface area contributed by atoms with Gasteiger partial charge < -0.3 is 24.6 Å². The molecule has 1 aromatic carbocycles. The number of likely N-dealkylation sites (tertiary alicyclic amines) is 1. The highest BCUT2D eigenvalue weighted by Crippen LogP contribution is 2.31. The molecule has 3 rings (SSSR count). The predicted molar refractivity (Wildman–Crippen MR) is 115 cm³/mol. The number of methoxy groups -OCH3 is 1. The molecule has 1 aromatic rings. The van der Waals surface area contributed by atoms with Gasteiger partial charge in [-0.1, -0.05) is 18.2 Å². The van der Waals surface area contributed by atoms with Gasteiger partial charge in [0.2, 0.25) is 0 Å². The second kappa shape index (κ2) is 10.7. The smallest absolute Gasteiger partial charge is 0.193 e. The van der Waals surface area contributed by atoms with Gasteiger partial charge in [0.15, 0.2) is 5.96 Å². The Morgan fingerprint density at radius 2 is 2.14 bits per heavy atom. The molecule has 1 N–H and O–H groups in total. The lowest BCUT2D eigenvalue weighted by Crippen LogP contribution is -2.41. The molecule has 2 atom stereocenters. The van der Waals surface area contributed by atoms with Crippen molar-refractivity contribution >= 4 is 11.6 Å². The Balaban J connectivity index is 1.51. The normalized spacial score (nSPS) is 22.0. The number of nitrogens with zero attached hydrogens (tertiary/aromatic N) is 3. The molecule has 2 aliphatic rings. The van der Waals surface area contributed by atoms with Gasteiger partial charge in [0, 0.05) is 50.9 Å². The summed E-state index contributed by atoms with van der Waals surface area (Å²) in [5, 5.41) is 3.47. The second-order valence-corrected chi connectivity index (χ2v) is 7.78. The summed E-state index contributed by atoms with van der Waals surface area (Å²) in [7, 11) is 1.71. The highest BCUT2D eigenvalue weighted by Gasteiger charge is 2.26. The van der Waals surface area contributed by atoms with Crippen molar-refractivity contribution in [3.05, 3.63) is 29.8 Å². The first-order chi connectivity index (χ1) is 13.7. The molecule has 6 heteroatoms. The third-order valence-corrected chi connectivity index (χ3v) is 5.66. The van der Waals surface area contributed by atoms with Crippen LogP contribution in [0.4, 0.5) is 5.69 Å². The zero-order valence-electron chi connectivity index (χ0n) is 17.7. The summed E-state index contributed by atoms with van der Waals surface area (Å²) in [6.45, 7) is 11.3. The summed E-state index contributed by atoms with van der Waals surface area (Å²) in [6.07, 6.45) is 2.30. The molecule has 0 radical (unpaired) electrons. The molecule has 156 valence electrons. The Bertz CT molecular complexity index is 637. The molecule has 0 aliphatic carbocycles. The number of ether oxygens (including phenoxy) is 2. The van der Waals surface area contributed by atoms with E-state index >= 15 is 0 Å². The van der Waals surface area contributed by atoms with E-state index in [1.54, 1.807) is 7.11 Å². The van der Waals surface area contributed by atoms with Crippen molar-refractivity contribution in [1.29, 1.82) is 0 Å².